The highest BCUT2D eigenvalue weighted by Crippen LogP contribution is 2.13. The molecule has 5 heteroatoms. The first kappa shape index (κ1) is 41.4. The van der Waals surface area contributed by atoms with Crippen LogP contribution in [-0.4, -0.2) is 36.4 Å². The van der Waals surface area contributed by atoms with E-state index in [9.17, 15) is 14.7 Å². The lowest BCUT2D eigenvalue weighted by atomic mass is 10.0. The van der Waals surface area contributed by atoms with Crippen LogP contribution in [0, 0.1) is 0 Å². The fourth-order valence-electron chi connectivity index (χ4n) is 5.12. The molecule has 0 aromatic carbocycles. The summed E-state index contributed by atoms with van der Waals surface area (Å²) in [6.07, 6.45) is 38.9. The Kier molecular flexibility index (Phi) is 33.6. The van der Waals surface area contributed by atoms with Gasteiger partial charge in [0, 0.05) is 12.8 Å². The van der Waals surface area contributed by atoms with E-state index in [1.54, 1.807) is 0 Å². The van der Waals surface area contributed by atoms with Crippen LogP contribution in [0.1, 0.15) is 187 Å². The molecule has 0 radical (unpaired) electrons. The van der Waals surface area contributed by atoms with Crippen molar-refractivity contribution in [3.63, 3.8) is 0 Å². The molecule has 0 aliphatic heterocycles. The Hall–Kier alpha value is -1.62. The number of carbonyl (C=O) groups is 2. The summed E-state index contributed by atoms with van der Waals surface area (Å²) in [5.41, 5.74) is 0. The molecular formula is C38H70O5. The highest BCUT2D eigenvalue weighted by molar-refractivity contribution is 5.71. The highest BCUT2D eigenvalue weighted by Gasteiger charge is 2.10. The van der Waals surface area contributed by atoms with Crippen molar-refractivity contribution in [3.8, 4) is 0 Å². The molecular weight excluding hydrogens is 536 g/mol. The molecule has 0 saturated heterocycles. The van der Waals surface area contributed by atoms with Gasteiger partial charge in [-0.2, -0.15) is 0 Å². The van der Waals surface area contributed by atoms with Crippen LogP contribution in [0.4, 0.5) is 0 Å². The van der Waals surface area contributed by atoms with Gasteiger partial charge < -0.3 is 14.6 Å². The number of esters is 2. The molecule has 1 atom stereocenters. The van der Waals surface area contributed by atoms with Crippen molar-refractivity contribution >= 4 is 11.9 Å². The Bertz CT molecular complexity index is 657. The van der Waals surface area contributed by atoms with E-state index in [0.717, 1.165) is 32.1 Å². The molecule has 252 valence electrons. The number of allylic oxidation sites excluding steroid dienone is 3. The van der Waals surface area contributed by atoms with E-state index in [4.69, 9.17) is 9.47 Å². The molecule has 0 fully saturated rings. The van der Waals surface area contributed by atoms with Crippen molar-refractivity contribution in [1.29, 1.82) is 0 Å². The van der Waals surface area contributed by atoms with Crippen LogP contribution >= 0.6 is 0 Å². The molecule has 0 spiro atoms. The van der Waals surface area contributed by atoms with Crippen molar-refractivity contribution in [1.82, 2.24) is 0 Å². The van der Waals surface area contributed by atoms with Crippen molar-refractivity contribution in [2.24, 2.45) is 0 Å². The summed E-state index contributed by atoms with van der Waals surface area (Å²) in [5.74, 6) is -0.555. The number of aliphatic hydroxyl groups excluding tert-OH is 1. The van der Waals surface area contributed by atoms with Gasteiger partial charge in [0.15, 0.2) is 0 Å². The zero-order valence-electron chi connectivity index (χ0n) is 28.5. The summed E-state index contributed by atoms with van der Waals surface area (Å²) in [6.45, 7) is 4.61. The van der Waals surface area contributed by atoms with Crippen LogP contribution in [0.5, 0.6) is 0 Å². The standard InChI is InChI=1S/C38H70O5/c1-3-5-7-9-11-13-15-17-18-20-22-24-26-28-30-32-38(41)43-35-36(39)33-34-42-37(40)31-29-27-25-23-21-19-16-14-12-10-8-6-4-2/h20,22,28,30,36,39H,3-19,21,23-27,29,31-35H2,1-2H3. The van der Waals surface area contributed by atoms with E-state index in [0.29, 0.717) is 6.42 Å². The summed E-state index contributed by atoms with van der Waals surface area (Å²) in [6, 6.07) is 0. The summed E-state index contributed by atoms with van der Waals surface area (Å²) < 4.78 is 10.4. The normalized spacial score (nSPS) is 12.3. The number of hydrogen-bond donors (Lipinski definition) is 1. The maximum Gasteiger partial charge on any atom is 0.309 e. The van der Waals surface area contributed by atoms with E-state index in [2.05, 4.69) is 26.0 Å². The Morgan fingerprint density at radius 1 is 0.535 bits per heavy atom. The van der Waals surface area contributed by atoms with E-state index >= 15 is 0 Å². The minimum Gasteiger partial charge on any atom is -0.466 e. The smallest absolute Gasteiger partial charge is 0.309 e. The molecule has 0 amide bonds. The maximum absolute atomic E-state index is 11.9. The largest absolute Gasteiger partial charge is 0.466 e. The third kappa shape index (κ3) is 34.7. The molecule has 0 aliphatic rings. The average Bonchev–Trinajstić information content (AvgIpc) is 3.00. The highest BCUT2D eigenvalue weighted by atomic mass is 16.5. The van der Waals surface area contributed by atoms with Gasteiger partial charge in [-0.05, 0) is 32.1 Å². The van der Waals surface area contributed by atoms with Gasteiger partial charge in [0.25, 0.3) is 0 Å². The van der Waals surface area contributed by atoms with E-state index in [-0.39, 0.29) is 38.0 Å². The summed E-state index contributed by atoms with van der Waals surface area (Å²) in [4.78, 5) is 23.8. The number of ether oxygens (including phenoxy) is 2. The van der Waals surface area contributed by atoms with Crippen LogP contribution in [0.25, 0.3) is 0 Å². The first-order valence-electron chi connectivity index (χ1n) is 18.4. The molecule has 43 heavy (non-hydrogen) atoms. The number of aliphatic hydroxyl groups is 1. The van der Waals surface area contributed by atoms with E-state index in [1.807, 2.05) is 12.2 Å². The van der Waals surface area contributed by atoms with Crippen molar-refractivity contribution < 1.29 is 24.2 Å². The molecule has 0 aliphatic carbocycles. The third-order valence-electron chi connectivity index (χ3n) is 7.98. The number of unbranched alkanes of at least 4 members (excludes halogenated alkanes) is 21. The van der Waals surface area contributed by atoms with Crippen molar-refractivity contribution in [3.05, 3.63) is 24.3 Å². The van der Waals surface area contributed by atoms with Gasteiger partial charge in [-0.3, -0.25) is 9.59 Å². The Morgan fingerprint density at radius 3 is 1.51 bits per heavy atom. The molecule has 0 aromatic rings. The summed E-state index contributed by atoms with van der Waals surface area (Å²) in [7, 11) is 0. The monoisotopic (exact) mass is 607 g/mol. The summed E-state index contributed by atoms with van der Waals surface area (Å²) >= 11 is 0. The SMILES string of the molecule is CCCCCCCCCCC=CCCC=CCC(=O)OCC(O)CCOC(=O)CCCCCCCCCCCCCCC. The summed E-state index contributed by atoms with van der Waals surface area (Å²) in [5, 5.41) is 10.0. The molecule has 1 unspecified atom stereocenters. The second kappa shape index (κ2) is 34.9. The van der Waals surface area contributed by atoms with Gasteiger partial charge in [-0.1, -0.05) is 160 Å². The predicted octanol–water partition coefficient (Wildman–Crippen LogP) is 11.1. The lowest BCUT2D eigenvalue weighted by molar-refractivity contribution is -0.148. The van der Waals surface area contributed by atoms with E-state index < -0.39 is 6.10 Å². The van der Waals surface area contributed by atoms with Gasteiger partial charge in [-0.15, -0.1) is 0 Å². The fourth-order valence-corrected chi connectivity index (χ4v) is 5.12. The molecule has 0 heterocycles. The lowest BCUT2D eigenvalue weighted by Crippen LogP contribution is -2.21. The molecule has 0 bridgehead atoms. The van der Waals surface area contributed by atoms with Gasteiger partial charge in [0.2, 0.25) is 0 Å². The predicted molar refractivity (Wildman–Crippen MR) is 182 cm³/mol. The van der Waals surface area contributed by atoms with Crippen LogP contribution in [0.3, 0.4) is 0 Å². The van der Waals surface area contributed by atoms with Crippen molar-refractivity contribution in [2.45, 2.75) is 193 Å². The van der Waals surface area contributed by atoms with Crippen LogP contribution < -0.4 is 0 Å². The Labute approximate surface area is 266 Å². The number of rotatable bonds is 33. The second-order valence-corrected chi connectivity index (χ2v) is 12.3. The molecule has 5 nitrogen and oxygen atoms in total. The van der Waals surface area contributed by atoms with Crippen LogP contribution in [0.15, 0.2) is 24.3 Å². The average molecular weight is 607 g/mol. The fraction of sp³-hybridized carbons (Fsp3) is 0.842. The number of hydrogen-bond acceptors (Lipinski definition) is 5. The van der Waals surface area contributed by atoms with Crippen LogP contribution in [0.2, 0.25) is 0 Å². The van der Waals surface area contributed by atoms with Gasteiger partial charge >= 0.3 is 11.9 Å². The first-order chi connectivity index (χ1) is 21.1. The zero-order valence-corrected chi connectivity index (χ0v) is 28.5. The zero-order chi connectivity index (χ0) is 31.5. The topological polar surface area (TPSA) is 72.8 Å². The molecule has 0 aromatic heterocycles. The van der Waals surface area contributed by atoms with E-state index in [1.165, 1.54) is 122 Å². The Morgan fingerprint density at radius 2 is 0.977 bits per heavy atom. The van der Waals surface area contributed by atoms with Gasteiger partial charge in [0.1, 0.15) is 6.61 Å². The quantitative estimate of drug-likeness (QED) is 0.0457. The lowest BCUT2D eigenvalue weighted by Gasteiger charge is -2.11. The maximum atomic E-state index is 11.9. The minimum atomic E-state index is -0.816. The molecule has 0 rings (SSSR count). The van der Waals surface area contributed by atoms with Gasteiger partial charge in [0.05, 0.1) is 19.1 Å². The second-order valence-electron chi connectivity index (χ2n) is 12.3. The molecule has 1 N–H and O–H groups in total. The first-order valence-corrected chi connectivity index (χ1v) is 18.4. The van der Waals surface area contributed by atoms with Gasteiger partial charge in [-0.25, -0.2) is 0 Å². The Balaban J connectivity index is 3.49. The van der Waals surface area contributed by atoms with Crippen LogP contribution in [-0.2, 0) is 19.1 Å². The number of carbonyl (C=O) groups excluding carboxylic acids is 2. The molecule has 0 saturated carbocycles. The minimum absolute atomic E-state index is 0.0649. The van der Waals surface area contributed by atoms with Crippen molar-refractivity contribution in [2.75, 3.05) is 13.2 Å². The third-order valence-corrected chi connectivity index (χ3v) is 7.98.